The minimum atomic E-state index is -0.275. The van der Waals surface area contributed by atoms with E-state index in [0.29, 0.717) is 11.5 Å². The molecule has 0 atom stereocenters. The summed E-state index contributed by atoms with van der Waals surface area (Å²) in [5.41, 5.74) is 2.24. The van der Waals surface area contributed by atoms with Crippen molar-refractivity contribution in [1.29, 1.82) is 0 Å². The maximum Gasteiger partial charge on any atom is 0.275 e. The summed E-state index contributed by atoms with van der Waals surface area (Å²) < 4.78 is 0. The number of carbonyl (C=O) groups excluding carboxylic acids is 1. The quantitative estimate of drug-likeness (QED) is 0.864. The summed E-state index contributed by atoms with van der Waals surface area (Å²) in [6.45, 7) is 1.94. The summed E-state index contributed by atoms with van der Waals surface area (Å²) >= 11 is 0. The molecule has 1 amide bonds. The number of aromatic nitrogens is 2. The van der Waals surface area contributed by atoms with E-state index in [1.807, 2.05) is 13.0 Å². The second kappa shape index (κ2) is 5.27. The molecule has 2 heterocycles. The van der Waals surface area contributed by atoms with E-state index in [1.54, 1.807) is 37.6 Å². The Hall–Kier alpha value is -2.43. The Labute approximate surface area is 105 Å². The highest BCUT2D eigenvalue weighted by atomic mass is 16.1. The Morgan fingerprint density at radius 2 is 2.06 bits per heavy atom. The van der Waals surface area contributed by atoms with Crippen LogP contribution in [0.4, 0.5) is 11.5 Å². The minimum absolute atomic E-state index is 0.275. The Morgan fingerprint density at radius 1 is 1.22 bits per heavy atom. The molecule has 0 unspecified atom stereocenters. The Balaban J connectivity index is 2.14. The molecular weight excluding hydrogens is 228 g/mol. The van der Waals surface area contributed by atoms with Crippen molar-refractivity contribution in [2.24, 2.45) is 0 Å². The molecule has 0 bridgehead atoms. The SMILES string of the molecule is CNc1ccnc(C(=O)Nc2ccc(C)cn2)c1. The summed E-state index contributed by atoms with van der Waals surface area (Å²) in [7, 11) is 1.79. The fraction of sp³-hybridized carbons (Fsp3) is 0.154. The molecule has 2 N–H and O–H groups in total. The molecule has 0 saturated carbocycles. The van der Waals surface area contributed by atoms with E-state index >= 15 is 0 Å². The van der Waals surface area contributed by atoms with Gasteiger partial charge in [-0.25, -0.2) is 4.98 Å². The van der Waals surface area contributed by atoms with Crippen LogP contribution in [0.5, 0.6) is 0 Å². The molecule has 0 spiro atoms. The van der Waals surface area contributed by atoms with Gasteiger partial charge in [0.2, 0.25) is 0 Å². The number of pyridine rings is 2. The number of aryl methyl sites for hydroxylation is 1. The van der Waals surface area contributed by atoms with E-state index in [2.05, 4.69) is 20.6 Å². The van der Waals surface area contributed by atoms with Crippen molar-refractivity contribution < 1.29 is 4.79 Å². The molecule has 2 aromatic heterocycles. The lowest BCUT2D eigenvalue weighted by Crippen LogP contribution is -2.14. The van der Waals surface area contributed by atoms with Crippen molar-refractivity contribution in [3.63, 3.8) is 0 Å². The largest absolute Gasteiger partial charge is 0.388 e. The van der Waals surface area contributed by atoms with Gasteiger partial charge in [0.15, 0.2) is 0 Å². The topological polar surface area (TPSA) is 66.9 Å². The second-order valence-electron chi connectivity index (χ2n) is 3.85. The molecule has 2 aromatic rings. The van der Waals surface area contributed by atoms with E-state index in [-0.39, 0.29) is 5.91 Å². The molecule has 2 rings (SSSR count). The fourth-order valence-corrected chi connectivity index (χ4v) is 1.43. The zero-order valence-electron chi connectivity index (χ0n) is 10.3. The zero-order valence-corrected chi connectivity index (χ0v) is 10.3. The summed E-state index contributed by atoms with van der Waals surface area (Å²) in [4.78, 5) is 20.1. The van der Waals surface area contributed by atoms with E-state index in [4.69, 9.17) is 0 Å². The van der Waals surface area contributed by atoms with Crippen LogP contribution in [-0.4, -0.2) is 22.9 Å². The first-order valence-electron chi connectivity index (χ1n) is 5.57. The highest BCUT2D eigenvalue weighted by Crippen LogP contribution is 2.09. The summed E-state index contributed by atoms with van der Waals surface area (Å²) in [6, 6.07) is 7.12. The average Bonchev–Trinajstić information content (AvgIpc) is 2.41. The maximum atomic E-state index is 11.9. The third-order valence-electron chi connectivity index (χ3n) is 2.43. The van der Waals surface area contributed by atoms with Gasteiger partial charge in [0.1, 0.15) is 11.5 Å². The van der Waals surface area contributed by atoms with Crippen LogP contribution in [0.2, 0.25) is 0 Å². The van der Waals surface area contributed by atoms with E-state index in [1.165, 1.54) is 0 Å². The molecule has 0 aliphatic heterocycles. The molecule has 0 aromatic carbocycles. The predicted molar refractivity (Wildman–Crippen MR) is 70.7 cm³/mol. The third kappa shape index (κ3) is 2.82. The number of hydrogen-bond acceptors (Lipinski definition) is 4. The van der Waals surface area contributed by atoms with Crippen molar-refractivity contribution in [2.45, 2.75) is 6.92 Å². The number of nitrogens with zero attached hydrogens (tertiary/aromatic N) is 2. The highest BCUT2D eigenvalue weighted by Gasteiger charge is 2.08. The average molecular weight is 242 g/mol. The first kappa shape index (κ1) is 12.0. The Kier molecular flexibility index (Phi) is 3.52. The van der Waals surface area contributed by atoms with Crippen molar-refractivity contribution in [3.8, 4) is 0 Å². The van der Waals surface area contributed by atoms with Crippen LogP contribution in [0.1, 0.15) is 16.1 Å². The lowest BCUT2D eigenvalue weighted by atomic mass is 10.3. The standard InChI is InChI=1S/C13H14N4O/c1-9-3-4-12(16-8-9)17-13(18)11-7-10(14-2)5-6-15-11/h3-8H,1-2H3,(H,14,15)(H,16,17,18). The Bertz CT molecular complexity index is 551. The molecule has 0 radical (unpaired) electrons. The summed E-state index contributed by atoms with van der Waals surface area (Å²) in [5.74, 6) is 0.241. The lowest BCUT2D eigenvalue weighted by molar-refractivity contribution is 0.102. The van der Waals surface area contributed by atoms with Crippen molar-refractivity contribution in [1.82, 2.24) is 9.97 Å². The molecule has 92 valence electrons. The van der Waals surface area contributed by atoms with Crippen LogP contribution in [0.15, 0.2) is 36.7 Å². The summed E-state index contributed by atoms with van der Waals surface area (Å²) in [5, 5.41) is 5.65. The summed E-state index contributed by atoms with van der Waals surface area (Å²) in [6.07, 6.45) is 3.29. The molecule has 0 saturated heterocycles. The van der Waals surface area contributed by atoms with Crippen LogP contribution in [0.25, 0.3) is 0 Å². The van der Waals surface area contributed by atoms with Gasteiger partial charge in [0.25, 0.3) is 5.91 Å². The van der Waals surface area contributed by atoms with Crippen LogP contribution in [0, 0.1) is 6.92 Å². The van der Waals surface area contributed by atoms with Gasteiger partial charge in [-0.2, -0.15) is 0 Å². The van der Waals surface area contributed by atoms with Crippen molar-refractivity contribution >= 4 is 17.4 Å². The smallest absolute Gasteiger partial charge is 0.275 e. The van der Waals surface area contributed by atoms with E-state index < -0.39 is 0 Å². The number of hydrogen-bond donors (Lipinski definition) is 2. The molecule has 5 heteroatoms. The first-order chi connectivity index (χ1) is 8.69. The van der Waals surface area contributed by atoms with Crippen LogP contribution in [-0.2, 0) is 0 Å². The van der Waals surface area contributed by atoms with Gasteiger partial charge in [-0.05, 0) is 30.7 Å². The van der Waals surface area contributed by atoms with Crippen LogP contribution >= 0.6 is 0 Å². The van der Waals surface area contributed by atoms with Gasteiger partial charge in [0.05, 0.1) is 0 Å². The number of carbonyl (C=O) groups is 1. The fourth-order valence-electron chi connectivity index (χ4n) is 1.43. The lowest BCUT2D eigenvalue weighted by Gasteiger charge is -2.05. The van der Waals surface area contributed by atoms with Gasteiger partial charge in [-0.3, -0.25) is 9.78 Å². The minimum Gasteiger partial charge on any atom is -0.388 e. The number of rotatable bonds is 3. The second-order valence-corrected chi connectivity index (χ2v) is 3.85. The molecule has 0 aliphatic rings. The normalized spacial score (nSPS) is 9.89. The monoisotopic (exact) mass is 242 g/mol. The number of nitrogens with one attached hydrogen (secondary N) is 2. The van der Waals surface area contributed by atoms with Gasteiger partial charge < -0.3 is 10.6 Å². The van der Waals surface area contributed by atoms with Crippen LogP contribution in [0.3, 0.4) is 0 Å². The van der Waals surface area contributed by atoms with Gasteiger partial charge in [-0.15, -0.1) is 0 Å². The molecular formula is C13H14N4O. The van der Waals surface area contributed by atoms with E-state index in [0.717, 1.165) is 11.3 Å². The van der Waals surface area contributed by atoms with Crippen molar-refractivity contribution in [3.05, 3.63) is 47.9 Å². The Morgan fingerprint density at radius 3 is 2.72 bits per heavy atom. The molecule has 18 heavy (non-hydrogen) atoms. The molecule has 5 nitrogen and oxygen atoms in total. The van der Waals surface area contributed by atoms with Crippen LogP contribution < -0.4 is 10.6 Å². The highest BCUT2D eigenvalue weighted by molar-refractivity contribution is 6.02. The van der Waals surface area contributed by atoms with Gasteiger partial charge in [0, 0.05) is 25.1 Å². The third-order valence-corrected chi connectivity index (χ3v) is 2.43. The molecule has 0 fully saturated rings. The van der Waals surface area contributed by atoms with Crippen molar-refractivity contribution in [2.75, 3.05) is 17.7 Å². The zero-order chi connectivity index (χ0) is 13.0. The first-order valence-corrected chi connectivity index (χ1v) is 5.57. The predicted octanol–water partition coefficient (Wildman–Crippen LogP) is 2.08. The van der Waals surface area contributed by atoms with Gasteiger partial charge >= 0.3 is 0 Å². The van der Waals surface area contributed by atoms with Gasteiger partial charge in [-0.1, -0.05) is 6.07 Å². The maximum absolute atomic E-state index is 11.9. The van der Waals surface area contributed by atoms with E-state index in [9.17, 15) is 4.79 Å². The molecule has 0 aliphatic carbocycles. The number of anilines is 2. The number of amides is 1.